The standard InChI is InChI=1S/C26H27N3O7S/c1-34-23-9-8-20(37(32,33)28-10-13-35-14-11-28)16-21(23)27-25(30)22-15-18-5-2-3-6-19(18)17-29(22)26(31)24-7-4-12-36-24/h2-9,12,16,22H,10-11,13-15,17H2,1H3,(H,27,30)/t22-/m1/s1. The fraction of sp³-hybridized carbons (Fsp3) is 0.308. The van der Waals surface area contributed by atoms with Crippen LogP contribution in [0.1, 0.15) is 21.7 Å². The molecule has 0 aliphatic carbocycles. The summed E-state index contributed by atoms with van der Waals surface area (Å²) in [5, 5.41) is 2.81. The third kappa shape index (κ3) is 4.97. The van der Waals surface area contributed by atoms with E-state index in [1.54, 1.807) is 12.1 Å². The van der Waals surface area contributed by atoms with Crippen LogP contribution in [0.3, 0.4) is 0 Å². The van der Waals surface area contributed by atoms with E-state index in [0.29, 0.717) is 25.4 Å². The molecule has 194 valence electrons. The average Bonchev–Trinajstić information content (AvgIpc) is 3.47. The Kier molecular flexibility index (Phi) is 7.00. The maximum Gasteiger partial charge on any atom is 0.290 e. The Hall–Kier alpha value is -3.67. The van der Waals surface area contributed by atoms with E-state index < -0.39 is 27.9 Å². The normalized spacial score (nSPS) is 18.2. The fourth-order valence-electron chi connectivity index (χ4n) is 4.61. The molecule has 0 unspecified atom stereocenters. The third-order valence-electron chi connectivity index (χ3n) is 6.58. The molecule has 11 heteroatoms. The number of morpholine rings is 1. The van der Waals surface area contributed by atoms with E-state index >= 15 is 0 Å². The zero-order chi connectivity index (χ0) is 26.0. The highest BCUT2D eigenvalue weighted by Crippen LogP contribution is 2.31. The largest absolute Gasteiger partial charge is 0.495 e. The second-order valence-electron chi connectivity index (χ2n) is 8.77. The summed E-state index contributed by atoms with van der Waals surface area (Å²) in [5.74, 6) is -0.438. The smallest absolute Gasteiger partial charge is 0.290 e. The van der Waals surface area contributed by atoms with Gasteiger partial charge in [0.2, 0.25) is 15.9 Å². The van der Waals surface area contributed by atoms with Crippen LogP contribution < -0.4 is 10.1 Å². The van der Waals surface area contributed by atoms with Gasteiger partial charge in [-0.3, -0.25) is 9.59 Å². The van der Waals surface area contributed by atoms with E-state index in [2.05, 4.69) is 5.32 Å². The summed E-state index contributed by atoms with van der Waals surface area (Å²) in [7, 11) is -2.36. The monoisotopic (exact) mass is 525 g/mol. The van der Waals surface area contributed by atoms with E-state index in [-0.39, 0.29) is 36.0 Å². The topological polar surface area (TPSA) is 118 Å². The number of methoxy groups -OCH3 is 1. The lowest BCUT2D eigenvalue weighted by Gasteiger charge is -2.35. The summed E-state index contributed by atoms with van der Waals surface area (Å²) in [6.45, 7) is 1.38. The van der Waals surface area contributed by atoms with Gasteiger partial charge in [-0.25, -0.2) is 8.42 Å². The van der Waals surface area contributed by atoms with Gasteiger partial charge in [0.25, 0.3) is 5.91 Å². The molecule has 0 saturated carbocycles. The molecule has 37 heavy (non-hydrogen) atoms. The van der Waals surface area contributed by atoms with Crippen molar-refractivity contribution in [2.75, 3.05) is 38.7 Å². The molecule has 0 spiro atoms. The molecule has 0 radical (unpaired) electrons. The number of sulfonamides is 1. The van der Waals surface area contributed by atoms with Gasteiger partial charge in [-0.2, -0.15) is 4.31 Å². The number of carbonyl (C=O) groups excluding carboxylic acids is 2. The second kappa shape index (κ2) is 10.4. The van der Waals surface area contributed by atoms with Gasteiger partial charge in [0.05, 0.1) is 37.2 Å². The van der Waals surface area contributed by atoms with Gasteiger partial charge < -0.3 is 24.1 Å². The Morgan fingerprint density at radius 2 is 1.78 bits per heavy atom. The number of ether oxygens (including phenoxy) is 2. The van der Waals surface area contributed by atoms with E-state index in [9.17, 15) is 18.0 Å². The summed E-state index contributed by atoms with van der Waals surface area (Å²) in [5.41, 5.74) is 2.11. The van der Waals surface area contributed by atoms with Gasteiger partial charge in [-0.15, -0.1) is 0 Å². The predicted molar refractivity (Wildman–Crippen MR) is 134 cm³/mol. The first-order valence-electron chi connectivity index (χ1n) is 11.9. The minimum Gasteiger partial charge on any atom is -0.495 e. The van der Waals surface area contributed by atoms with Crippen LogP contribution in [0.5, 0.6) is 5.75 Å². The number of anilines is 1. The van der Waals surface area contributed by atoms with Crippen molar-refractivity contribution in [2.45, 2.75) is 23.9 Å². The molecule has 3 heterocycles. The Labute approximate surface area is 214 Å². The van der Waals surface area contributed by atoms with Crippen molar-refractivity contribution >= 4 is 27.5 Å². The summed E-state index contributed by atoms with van der Waals surface area (Å²) in [6, 6.07) is 14.3. The third-order valence-corrected chi connectivity index (χ3v) is 8.48. The summed E-state index contributed by atoms with van der Waals surface area (Å²) in [6.07, 6.45) is 1.70. The highest BCUT2D eigenvalue weighted by Gasteiger charge is 2.36. The zero-order valence-corrected chi connectivity index (χ0v) is 21.1. The van der Waals surface area contributed by atoms with Gasteiger partial charge in [0, 0.05) is 26.1 Å². The van der Waals surface area contributed by atoms with Crippen LogP contribution in [-0.2, 0) is 32.5 Å². The van der Waals surface area contributed by atoms with Crippen molar-refractivity contribution in [1.82, 2.24) is 9.21 Å². The Morgan fingerprint density at radius 1 is 1.03 bits per heavy atom. The molecule has 10 nitrogen and oxygen atoms in total. The number of benzene rings is 2. The number of carbonyl (C=O) groups is 2. The average molecular weight is 526 g/mol. The maximum atomic E-state index is 13.6. The SMILES string of the molecule is COc1ccc(S(=O)(=O)N2CCOCC2)cc1NC(=O)[C@H]1Cc2ccccc2CN1C(=O)c1ccco1. The van der Waals surface area contributed by atoms with Crippen LogP contribution in [0.2, 0.25) is 0 Å². The van der Waals surface area contributed by atoms with Crippen molar-refractivity contribution in [3.05, 3.63) is 77.7 Å². The Bertz CT molecular complexity index is 1400. The first kappa shape index (κ1) is 25.0. The lowest BCUT2D eigenvalue weighted by atomic mass is 9.93. The first-order valence-corrected chi connectivity index (χ1v) is 13.3. The van der Waals surface area contributed by atoms with Crippen LogP contribution >= 0.6 is 0 Å². The van der Waals surface area contributed by atoms with Gasteiger partial charge in [-0.1, -0.05) is 24.3 Å². The summed E-state index contributed by atoms with van der Waals surface area (Å²) >= 11 is 0. The molecule has 1 atom stereocenters. The number of rotatable bonds is 6. The number of furan rings is 1. The highest BCUT2D eigenvalue weighted by atomic mass is 32.2. The molecule has 5 rings (SSSR count). The van der Waals surface area contributed by atoms with Gasteiger partial charge in [0.1, 0.15) is 11.8 Å². The number of hydrogen-bond acceptors (Lipinski definition) is 7. The minimum absolute atomic E-state index is 0.0306. The zero-order valence-electron chi connectivity index (χ0n) is 20.3. The quantitative estimate of drug-likeness (QED) is 0.525. The van der Waals surface area contributed by atoms with Crippen LogP contribution in [-0.4, -0.2) is 68.9 Å². The predicted octanol–water partition coefficient (Wildman–Crippen LogP) is 2.51. The van der Waals surface area contributed by atoms with Crippen LogP contribution in [0, 0.1) is 0 Å². The summed E-state index contributed by atoms with van der Waals surface area (Å²) < 4.78 is 43.7. The highest BCUT2D eigenvalue weighted by molar-refractivity contribution is 7.89. The molecule has 0 bridgehead atoms. The van der Waals surface area contributed by atoms with Crippen molar-refractivity contribution in [2.24, 2.45) is 0 Å². The lowest BCUT2D eigenvalue weighted by molar-refractivity contribution is -0.121. The molecule has 1 saturated heterocycles. The number of nitrogens with zero attached hydrogens (tertiary/aromatic N) is 2. The molecular weight excluding hydrogens is 498 g/mol. The van der Waals surface area contributed by atoms with E-state index in [1.165, 1.54) is 40.8 Å². The van der Waals surface area contributed by atoms with Crippen molar-refractivity contribution < 1.29 is 31.9 Å². The van der Waals surface area contributed by atoms with E-state index in [1.807, 2.05) is 24.3 Å². The van der Waals surface area contributed by atoms with E-state index in [4.69, 9.17) is 13.9 Å². The molecule has 1 N–H and O–H groups in total. The molecular formula is C26H27N3O7S. The molecule has 1 fully saturated rings. The number of amides is 2. The molecule has 2 aliphatic rings. The van der Waals surface area contributed by atoms with Crippen LogP contribution in [0.15, 0.2) is 70.2 Å². The van der Waals surface area contributed by atoms with Crippen molar-refractivity contribution in [1.29, 1.82) is 0 Å². The molecule has 2 aliphatic heterocycles. The second-order valence-corrected chi connectivity index (χ2v) is 10.7. The Balaban J connectivity index is 1.45. The molecule has 2 aromatic carbocycles. The van der Waals surface area contributed by atoms with Crippen molar-refractivity contribution in [3.8, 4) is 5.75 Å². The first-order chi connectivity index (χ1) is 17.9. The molecule has 3 aromatic rings. The fourth-order valence-corrected chi connectivity index (χ4v) is 6.04. The Morgan fingerprint density at radius 3 is 2.49 bits per heavy atom. The van der Waals surface area contributed by atoms with Crippen molar-refractivity contribution in [3.63, 3.8) is 0 Å². The lowest BCUT2D eigenvalue weighted by Crippen LogP contribution is -2.50. The van der Waals surface area contributed by atoms with Crippen LogP contribution in [0.25, 0.3) is 0 Å². The number of hydrogen-bond donors (Lipinski definition) is 1. The summed E-state index contributed by atoms with van der Waals surface area (Å²) in [4.78, 5) is 28.4. The van der Waals surface area contributed by atoms with Crippen LogP contribution in [0.4, 0.5) is 5.69 Å². The number of nitrogens with one attached hydrogen (secondary N) is 1. The molecule has 1 aromatic heterocycles. The maximum absolute atomic E-state index is 13.6. The van der Waals surface area contributed by atoms with Gasteiger partial charge in [-0.05, 0) is 41.5 Å². The minimum atomic E-state index is -3.79. The van der Waals surface area contributed by atoms with Gasteiger partial charge >= 0.3 is 0 Å². The van der Waals surface area contributed by atoms with Gasteiger partial charge in [0.15, 0.2) is 5.76 Å². The molecule has 2 amide bonds. The number of fused-ring (bicyclic) bond motifs is 1. The van der Waals surface area contributed by atoms with E-state index in [0.717, 1.165) is 11.1 Å².